The van der Waals surface area contributed by atoms with Gasteiger partial charge in [-0.2, -0.15) is 4.68 Å². The number of benzene rings is 3. The van der Waals surface area contributed by atoms with Crippen molar-refractivity contribution >= 4 is 22.3 Å². The summed E-state index contributed by atoms with van der Waals surface area (Å²) in [5.41, 5.74) is 2.76. The maximum absolute atomic E-state index is 14.4. The van der Waals surface area contributed by atoms with Crippen LogP contribution in [0.2, 0.25) is 0 Å². The number of anilines is 2. The number of aromatic nitrogens is 3. The average molecular weight is 539 g/mol. The number of nitrogens with zero attached hydrogens (tertiary/aromatic N) is 4. The molecule has 5 rings (SSSR count). The van der Waals surface area contributed by atoms with Gasteiger partial charge in [-0.05, 0) is 56.3 Å². The van der Waals surface area contributed by atoms with E-state index in [0.29, 0.717) is 23.1 Å². The minimum atomic E-state index is -0.986. The van der Waals surface area contributed by atoms with E-state index in [-0.39, 0.29) is 28.3 Å². The van der Waals surface area contributed by atoms with Crippen LogP contribution in [-0.4, -0.2) is 27.9 Å². The van der Waals surface area contributed by atoms with Gasteiger partial charge in [0.15, 0.2) is 17.5 Å². The second-order valence-corrected chi connectivity index (χ2v) is 8.49. The number of H-pyrrole nitrogens is 1. The molecule has 39 heavy (non-hydrogen) atoms. The molecule has 200 valence electrons. The highest BCUT2D eigenvalue weighted by molar-refractivity contribution is 5.83. The highest BCUT2D eigenvalue weighted by Gasteiger charge is 2.17. The summed E-state index contributed by atoms with van der Waals surface area (Å²) in [5.74, 6) is -3.47. The second-order valence-electron chi connectivity index (χ2n) is 8.49. The molecule has 3 aromatic carbocycles. The molecule has 8 nitrogen and oxygen atoms in total. The van der Waals surface area contributed by atoms with Crippen molar-refractivity contribution in [3.05, 3.63) is 100.0 Å². The van der Waals surface area contributed by atoms with Gasteiger partial charge in [-0.3, -0.25) is 10.4 Å². The monoisotopic (exact) mass is 538 g/mol. The molecule has 0 saturated carbocycles. The molecule has 5 aromatic rings. The third-order valence-corrected chi connectivity index (χ3v) is 6.08. The first-order chi connectivity index (χ1) is 18.8. The van der Waals surface area contributed by atoms with E-state index in [4.69, 9.17) is 4.42 Å². The molecule has 0 saturated heterocycles. The van der Waals surface area contributed by atoms with Crippen LogP contribution in [0.3, 0.4) is 0 Å². The van der Waals surface area contributed by atoms with Gasteiger partial charge in [-0.25, -0.2) is 22.4 Å². The van der Waals surface area contributed by atoms with Crippen molar-refractivity contribution in [2.45, 2.75) is 13.8 Å². The Kier molecular flexibility index (Phi) is 6.92. The Morgan fingerprint density at radius 3 is 2.36 bits per heavy atom. The Labute approximate surface area is 218 Å². The molecule has 0 atom stereocenters. The van der Waals surface area contributed by atoms with Crippen molar-refractivity contribution < 1.29 is 22.0 Å². The number of fused-ring (bicyclic) bond motifs is 1. The lowest BCUT2D eigenvalue weighted by Crippen LogP contribution is -2.21. The molecule has 2 aromatic heterocycles. The SMILES string of the molecule is CCN(CC)c1ccc2cc(-c3nn(-c4ccc(F)cc4F)c(=O)[nH]3)/c(=N\Nc3ccc(F)cc3F)oc2c1. The Bertz CT molecular complexity index is 1810. The fourth-order valence-electron chi connectivity index (χ4n) is 4.10. The molecular formula is C27H22F4N6O2. The molecule has 0 unspecified atom stereocenters. The minimum absolute atomic E-state index is 0.0395. The normalized spacial score (nSPS) is 11.8. The molecule has 0 amide bonds. The Balaban J connectivity index is 1.68. The molecule has 0 aliphatic heterocycles. The summed E-state index contributed by atoms with van der Waals surface area (Å²) in [6.07, 6.45) is 0. The maximum atomic E-state index is 14.4. The van der Waals surface area contributed by atoms with Gasteiger partial charge >= 0.3 is 5.69 Å². The van der Waals surface area contributed by atoms with E-state index in [9.17, 15) is 22.4 Å². The lowest BCUT2D eigenvalue weighted by molar-refractivity contribution is 0.541. The van der Waals surface area contributed by atoms with Crippen LogP contribution in [0.5, 0.6) is 0 Å². The van der Waals surface area contributed by atoms with Gasteiger partial charge in [0.2, 0.25) is 5.55 Å². The van der Waals surface area contributed by atoms with Gasteiger partial charge in [0.1, 0.15) is 22.9 Å². The van der Waals surface area contributed by atoms with E-state index < -0.39 is 29.0 Å². The largest absolute Gasteiger partial charge is 0.436 e. The van der Waals surface area contributed by atoms with Crippen LogP contribution in [0.25, 0.3) is 28.0 Å². The van der Waals surface area contributed by atoms with Gasteiger partial charge in [-0.1, -0.05) is 0 Å². The van der Waals surface area contributed by atoms with E-state index in [1.807, 2.05) is 32.0 Å². The Hall–Kier alpha value is -4.87. The van der Waals surface area contributed by atoms with Crippen molar-refractivity contribution in [2.75, 3.05) is 23.4 Å². The molecular weight excluding hydrogens is 516 g/mol. The lowest BCUT2D eigenvalue weighted by Gasteiger charge is -2.21. The van der Waals surface area contributed by atoms with Gasteiger partial charge < -0.3 is 9.32 Å². The highest BCUT2D eigenvalue weighted by Crippen LogP contribution is 2.25. The summed E-state index contributed by atoms with van der Waals surface area (Å²) in [7, 11) is 0. The van der Waals surface area contributed by atoms with Crippen molar-refractivity contribution in [3.8, 4) is 17.1 Å². The number of aromatic amines is 1. The first-order valence-electron chi connectivity index (χ1n) is 12.0. The molecule has 0 radical (unpaired) electrons. The van der Waals surface area contributed by atoms with Gasteiger partial charge in [0.05, 0.1) is 11.3 Å². The first-order valence-corrected chi connectivity index (χ1v) is 12.0. The number of halogens is 4. The van der Waals surface area contributed by atoms with Crippen molar-refractivity contribution in [1.82, 2.24) is 14.8 Å². The molecule has 2 N–H and O–H groups in total. The van der Waals surface area contributed by atoms with E-state index in [1.54, 1.807) is 6.07 Å². The average Bonchev–Trinajstić information content (AvgIpc) is 3.29. The summed E-state index contributed by atoms with van der Waals surface area (Å²) < 4.78 is 62.2. The smallest absolute Gasteiger partial charge is 0.348 e. The fraction of sp³-hybridized carbons (Fsp3) is 0.148. The molecule has 0 spiro atoms. The molecule has 0 fully saturated rings. The summed E-state index contributed by atoms with van der Waals surface area (Å²) in [6.45, 7) is 5.57. The number of hydrogen-bond acceptors (Lipinski definition) is 6. The Morgan fingerprint density at radius 2 is 1.67 bits per heavy atom. The summed E-state index contributed by atoms with van der Waals surface area (Å²) in [6, 6.07) is 12.8. The van der Waals surface area contributed by atoms with E-state index in [1.165, 1.54) is 6.07 Å². The topological polar surface area (TPSA) is 91.5 Å². The zero-order valence-corrected chi connectivity index (χ0v) is 20.8. The van der Waals surface area contributed by atoms with Crippen LogP contribution in [-0.2, 0) is 0 Å². The molecule has 2 heterocycles. The zero-order chi connectivity index (χ0) is 27.7. The predicted octanol–water partition coefficient (Wildman–Crippen LogP) is 5.30. The van der Waals surface area contributed by atoms with Crippen LogP contribution in [0, 0.1) is 23.3 Å². The van der Waals surface area contributed by atoms with Crippen LogP contribution in [0.1, 0.15) is 13.8 Å². The third-order valence-electron chi connectivity index (χ3n) is 6.08. The molecule has 12 heteroatoms. The quantitative estimate of drug-likeness (QED) is 0.217. The predicted molar refractivity (Wildman–Crippen MR) is 138 cm³/mol. The van der Waals surface area contributed by atoms with Crippen molar-refractivity contribution in [2.24, 2.45) is 5.10 Å². The zero-order valence-electron chi connectivity index (χ0n) is 20.8. The van der Waals surface area contributed by atoms with Gasteiger partial charge in [0.25, 0.3) is 0 Å². The van der Waals surface area contributed by atoms with Crippen LogP contribution in [0.4, 0.5) is 28.9 Å². The fourth-order valence-corrected chi connectivity index (χ4v) is 4.10. The standard InChI is InChI=1S/C27H22F4N6O2/c1-3-36(4-2)18-8-5-15-11-19(25-32-27(38)37(35-25)23-10-7-17(29)13-21(23)31)26(39-24(15)14-18)34-33-22-9-6-16(28)12-20(22)30/h5-14,33H,3-4H2,1-2H3,(H,32,35,38)/b34-26+. The summed E-state index contributed by atoms with van der Waals surface area (Å²) >= 11 is 0. The number of rotatable bonds is 7. The van der Waals surface area contributed by atoms with Crippen LogP contribution in [0.15, 0.2) is 75.0 Å². The lowest BCUT2D eigenvalue weighted by atomic mass is 10.1. The van der Waals surface area contributed by atoms with Gasteiger partial charge in [-0.15, -0.1) is 10.2 Å². The first kappa shape index (κ1) is 25.8. The van der Waals surface area contributed by atoms with E-state index in [2.05, 4.69) is 25.5 Å². The third kappa shape index (κ3) is 5.13. The minimum Gasteiger partial charge on any atom is -0.436 e. The van der Waals surface area contributed by atoms with Crippen molar-refractivity contribution in [1.29, 1.82) is 0 Å². The number of hydrogen-bond donors (Lipinski definition) is 2. The summed E-state index contributed by atoms with van der Waals surface area (Å²) in [5, 5.41) is 8.97. The van der Waals surface area contributed by atoms with Crippen LogP contribution >= 0.6 is 0 Å². The van der Waals surface area contributed by atoms with Gasteiger partial charge in [0, 0.05) is 42.4 Å². The molecule has 0 aliphatic rings. The maximum Gasteiger partial charge on any atom is 0.348 e. The highest BCUT2D eigenvalue weighted by atomic mass is 19.1. The molecule has 0 aliphatic carbocycles. The van der Waals surface area contributed by atoms with Crippen molar-refractivity contribution in [3.63, 3.8) is 0 Å². The van der Waals surface area contributed by atoms with E-state index in [0.717, 1.165) is 41.7 Å². The van der Waals surface area contributed by atoms with Crippen LogP contribution < -0.4 is 21.6 Å². The second kappa shape index (κ2) is 10.5. The molecule has 0 bridgehead atoms. The Morgan fingerprint density at radius 1 is 0.949 bits per heavy atom. The summed E-state index contributed by atoms with van der Waals surface area (Å²) in [4.78, 5) is 17.3. The van der Waals surface area contributed by atoms with E-state index >= 15 is 0 Å². The number of nitrogens with one attached hydrogen (secondary N) is 2.